The van der Waals surface area contributed by atoms with E-state index in [1.807, 2.05) is 6.92 Å². The van der Waals surface area contributed by atoms with Crippen LogP contribution in [0.2, 0.25) is 0 Å². The highest BCUT2D eigenvalue weighted by Crippen LogP contribution is 2.33. The number of ether oxygens (including phenoxy) is 2. The molecule has 0 bridgehead atoms. The van der Waals surface area contributed by atoms with Crippen LogP contribution in [0.3, 0.4) is 0 Å². The lowest BCUT2D eigenvalue weighted by atomic mass is 10.0. The standard InChI is InChI=1S/C24H23NO8/c1-3-4-17-20(8-7-16(13(2)26)22(17)28)32-12-14(27)11-31-15-5-6-18-21(9-15)33-24(30)19(10-25)23(18)29/h5-9,14,27-29H,3-4,11-12H2,1-2H3. The van der Waals surface area contributed by atoms with Crippen molar-refractivity contribution in [3.63, 3.8) is 0 Å². The van der Waals surface area contributed by atoms with E-state index in [1.165, 1.54) is 31.2 Å². The monoisotopic (exact) mass is 453 g/mol. The van der Waals surface area contributed by atoms with E-state index in [4.69, 9.17) is 19.2 Å². The second-order valence-electron chi connectivity index (χ2n) is 7.40. The molecular formula is C24H23NO8. The van der Waals surface area contributed by atoms with Gasteiger partial charge in [-0.05, 0) is 37.6 Å². The Balaban J connectivity index is 1.68. The van der Waals surface area contributed by atoms with E-state index in [-0.39, 0.29) is 47.0 Å². The van der Waals surface area contributed by atoms with Gasteiger partial charge in [0.05, 0.1) is 10.9 Å². The van der Waals surface area contributed by atoms with Crippen molar-refractivity contribution in [2.45, 2.75) is 32.8 Å². The molecule has 0 fully saturated rings. The summed E-state index contributed by atoms with van der Waals surface area (Å²) in [6.07, 6.45) is 0.184. The van der Waals surface area contributed by atoms with Crippen molar-refractivity contribution in [3.05, 3.63) is 57.4 Å². The molecule has 2 aromatic carbocycles. The Labute approximate surface area is 189 Å². The largest absolute Gasteiger partial charge is 0.507 e. The first-order valence-corrected chi connectivity index (χ1v) is 10.3. The minimum absolute atomic E-state index is 0.0324. The fourth-order valence-electron chi connectivity index (χ4n) is 3.31. The Morgan fingerprint density at radius 1 is 1.15 bits per heavy atom. The van der Waals surface area contributed by atoms with Crippen molar-refractivity contribution in [1.82, 2.24) is 0 Å². The Morgan fingerprint density at radius 3 is 2.55 bits per heavy atom. The molecule has 0 aliphatic carbocycles. The summed E-state index contributed by atoms with van der Waals surface area (Å²) in [6, 6.07) is 8.95. The van der Waals surface area contributed by atoms with Crippen LogP contribution in [0, 0.1) is 11.3 Å². The average Bonchev–Trinajstić information content (AvgIpc) is 2.78. The zero-order chi connectivity index (χ0) is 24.1. The lowest BCUT2D eigenvalue weighted by Crippen LogP contribution is -2.25. The molecule has 1 unspecified atom stereocenters. The van der Waals surface area contributed by atoms with Crippen molar-refractivity contribution in [2.24, 2.45) is 0 Å². The Bertz CT molecular complexity index is 1290. The van der Waals surface area contributed by atoms with Crippen LogP contribution < -0.4 is 15.1 Å². The number of aromatic hydroxyl groups is 2. The van der Waals surface area contributed by atoms with Crippen molar-refractivity contribution < 1.29 is 34.0 Å². The molecule has 3 rings (SSSR count). The van der Waals surface area contributed by atoms with Gasteiger partial charge in [-0.1, -0.05) is 13.3 Å². The third-order valence-corrected chi connectivity index (χ3v) is 4.96. The molecule has 1 aromatic heterocycles. The maximum Gasteiger partial charge on any atom is 0.358 e. The van der Waals surface area contributed by atoms with Crippen LogP contribution in [0.5, 0.6) is 23.0 Å². The second kappa shape index (κ2) is 10.1. The van der Waals surface area contributed by atoms with E-state index in [1.54, 1.807) is 12.1 Å². The molecule has 1 atom stereocenters. The number of ketones is 1. The molecule has 0 saturated carbocycles. The number of carbonyl (C=O) groups excluding carboxylic acids is 1. The minimum Gasteiger partial charge on any atom is -0.507 e. The summed E-state index contributed by atoms with van der Waals surface area (Å²) in [5, 5.41) is 39.8. The number of phenolic OH excluding ortho intramolecular Hbond substituents is 1. The number of carbonyl (C=O) groups is 1. The quantitative estimate of drug-likeness (QED) is 0.328. The van der Waals surface area contributed by atoms with Gasteiger partial charge in [0.2, 0.25) is 0 Å². The Morgan fingerprint density at radius 2 is 1.88 bits per heavy atom. The van der Waals surface area contributed by atoms with Crippen LogP contribution in [-0.2, 0) is 6.42 Å². The number of aliphatic hydroxyl groups excluding tert-OH is 1. The number of hydrogen-bond acceptors (Lipinski definition) is 9. The zero-order valence-electron chi connectivity index (χ0n) is 18.1. The van der Waals surface area contributed by atoms with Gasteiger partial charge < -0.3 is 29.2 Å². The number of Topliss-reactive ketones (excluding diaryl/α,β-unsaturated/α-hetero) is 1. The number of fused-ring (bicyclic) bond motifs is 1. The number of benzene rings is 2. The summed E-state index contributed by atoms with van der Waals surface area (Å²) < 4.78 is 16.2. The Hall–Kier alpha value is -4.03. The predicted molar refractivity (Wildman–Crippen MR) is 118 cm³/mol. The molecule has 0 radical (unpaired) electrons. The predicted octanol–water partition coefficient (Wildman–Crippen LogP) is 3.05. The number of aliphatic hydroxyl groups is 1. The molecule has 3 aromatic rings. The third kappa shape index (κ3) is 5.07. The number of phenols is 1. The lowest BCUT2D eigenvalue weighted by Gasteiger charge is -2.17. The van der Waals surface area contributed by atoms with Gasteiger partial charge in [-0.15, -0.1) is 0 Å². The van der Waals surface area contributed by atoms with Crippen LogP contribution in [-0.4, -0.2) is 40.4 Å². The van der Waals surface area contributed by atoms with Gasteiger partial charge in [0, 0.05) is 11.6 Å². The van der Waals surface area contributed by atoms with E-state index >= 15 is 0 Å². The van der Waals surface area contributed by atoms with Gasteiger partial charge >= 0.3 is 5.63 Å². The van der Waals surface area contributed by atoms with E-state index in [0.717, 1.165) is 6.42 Å². The molecule has 0 amide bonds. The number of nitriles is 1. The fourth-order valence-corrected chi connectivity index (χ4v) is 3.31. The smallest absolute Gasteiger partial charge is 0.358 e. The average molecular weight is 453 g/mol. The number of hydrogen-bond donors (Lipinski definition) is 3. The summed E-state index contributed by atoms with van der Waals surface area (Å²) in [5.74, 6) is -0.203. The molecule has 9 heteroatoms. The van der Waals surface area contributed by atoms with Gasteiger partial charge in [0.25, 0.3) is 0 Å². The summed E-state index contributed by atoms with van der Waals surface area (Å²) in [4.78, 5) is 23.4. The maximum absolute atomic E-state index is 11.8. The van der Waals surface area contributed by atoms with Crippen molar-refractivity contribution >= 4 is 16.8 Å². The van der Waals surface area contributed by atoms with Crippen LogP contribution in [0.25, 0.3) is 11.0 Å². The van der Waals surface area contributed by atoms with Crippen LogP contribution in [0.15, 0.2) is 39.5 Å². The van der Waals surface area contributed by atoms with Gasteiger partial charge in [-0.2, -0.15) is 5.26 Å². The second-order valence-corrected chi connectivity index (χ2v) is 7.40. The van der Waals surface area contributed by atoms with E-state index in [0.29, 0.717) is 17.7 Å². The first kappa shape index (κ1) is 23.6. The van der Waals surface area contributed by atoms with Crippen LogP contribution in [0.4, 0.5) is 0 Å². The summed E-state index contributed by atoms with van der Waals surface area (Å²) in [7, 11) is 0. The highest BCUT2D eigenvalue weighted by molar-refractivity contribution is 5.97. The first-order chi connectivity index (χ1) is 15.8. The summed E-state index contributed by atoms with van der Waals surface area (Å²) in [6.45, 7) is 3.01. The van der Waals surface area contributed by atoms with Gasteiger partial charge in [0.15, 0.2) is 17.1 Å². The minimum atomic E-state index is -1.04. The van der Waals surface area contributed by atoms with Crippen molar-refractivity contribution in [2.75, 3.05) is 13.2 Å². The van der Waals surface area contributed by atoms with E-state index in [2.05, 4.69) is 0 Å². The molecule has 0 aliphatic heterocycles. The van der Waals surface area contributed by atoms with Gasteiger partial charge in [-0.3, -0.25) is 4.79 Å². The molecule has 172 valence electrons. The molecule has 3 N–H and O–H groups in total. The molecular weight excluding hydrogens is 430 g/mol. The summed E-state index contributed by atoms with van der Waals surface area (Å²) in [5.41, 5.74) is -0.696. The maximum atomic E-state index is 11.8. The first-order valence-electron chi connectivity index (χ1n) is 10.3. The van der Waals surface area contributed by atoms with Crippen LogP contribution >= 0.6 is 0 Å². The molecule has 9 nitrogen and oxygen atoms in total. The zero-order valence-corrected chi connectivity index (χ0v) is 18.1. The van der Waals surface area contributed by atoms with Gasteiger partial charge in [-0.25, -0.2) is 4.79 Å². The normalized spacial score (nSPS) is 11.7. The Kier molecular flexibility index (Phi) is 7.20. The van der Waals surface area contributed by atoms with E-state index < -0.39 is 23.0 Å². The topological polar surface area (TPSA) is 150 Å². The number of rotatable bonds is 9. The van der Waals surface area contributed by atoms with Crippen molar-refractivity contribution in [1.29, 1.82) is 5.26 Å². The van der Waals surface area contributed by atoms with E-state index in [9.17, 15) is 24.9 Å². The molecule has 33 heavy (non-hydrogen) atoms. The molecule has 1 heterocycles. The number of nitrogens with zero attached hydrogens (tertiary/aromatic N) is 1. The summed E-state index contributed by atoms with van der Waals surface area (Å²) >= 11 is 0. The fraction of sp³-hybridized carbons (Fsp3) is 0.292. The lowest BCUT2D eigenvalue weighted by molar-refractivity contribution is 0.0622. The van der Waals surface area contributed by atoms with Crippen LogP contribution in [0.1, 0.15) is 41.8 Å². The molecule has 0 spiro atoms. The highest BCUT2D eigenvalue weighted by Gasteiger charge is 2.18. The van der Waals surface area contributed by atoms with Gasteiger partial charge in [0.1, 0.15) is 48.2 Å². The highest BCUT2D eigenvalue weighted by atomic mass is 16.5. The SMILES string of the molecule is CCCc1c(OCC(O)COc2ccc3c(O)c(C#N)c(=O)oc3c2)ccc(C(C)=O)c1O. The third-order valence-electron chi connectivity index (χ3n) is 4.96. The molecule has 0 saturated heterocycles. The van der Waals surface area contributed by atoms with Crippen molar-refractivity contribution in [3.8, 4) is 29.1 Å². The molecule has 0 aliphatic rings.